The van der Waals surface area contributed by atoms with Gasteiger partial charge < -0.3 is 5.32 Å². The first-order chi connectivity index (χ1) is 5.49. The van der Waals surface area contributed by atoms with Crippen LogP contribution in [0.15, 0.2) is 0 Å². The summed E-state index contributed by atoms with van der Waals surface area (Å²) in [6.07, 6.45) is 0. The average Bonchev–Trinajstić information content (AvgIpc) is 2.02. The van der Waals surface area contributed by atoms with Gasteiger partial charge in [-0.25, -0.2) is 5.84 Å². The molecule has 0 spiro atoms. The molecule has 1 unspecified atom stereocenters. The van der Waals surface area contributed by atoms with Crippen molar-refractivity contribution in [1.82, 2.24) is 10.7 Å². The van der Waals surface area contributed by atoms with E-state index in [1.807, 2.05) is 20.8 Å². The Morgan fingerprint density at radius 2 is 1.67 bits per heavy atom. The Kier molecular flexibility index (Phi) is 4.28. The molecule has 12 heavy (non-hydrogen) atoms. The van der Waals surface area contributed by atoms with E-state index < -0.39 is 11.8 Å². The Morgan fingerprint density at radius 3 is 2.00 bits per heavy atom. The van der Waals surface area contributed by atoms with Crippen LogP contribution < -0.4 is 16.6 Å². The van der Waals surface area contributed by atoms with Crippen molar-refractivity contribution in [2.45, 2.75) is 26.8 Å². The first-order valence-electron chi connectivity index (χ1n) is 3.80. The zero-order chi connectivity index (χ0) is 9.72. The highest BCUT2D eigenvalue weighted by molar-refractivity contribution is 6.34. The first kappa shape index (κ1) is 10.9. The minimum absolute atomic E-state index is 0.0326. The Morgan fingerprint density at radius 1 is 1.17 bits per heavy atom. The molecule has 5 nitrogen and oxygen atoms in total. The molecule has 0 aliphatic heterocycles. The Hall–Kier alpha value is -1.10. The molecule has 70 valence electrons. The van der Waals surface area contributed by atoms with Crippen LogP contribution in [0.25, 0.3) is 0 Å². The quantitative estimate of drug-likeness (QED) is 0.220. The van der Waals surface area contributed by atoms with E-state index in [0.29, 0.717) is 5.92 Å². The monoisotopic (exact) mass is 173 g/mol. The van der Waals surface area contributed by atoms with Gasteiger partial charge in [0, 0.05) is 6.04 Å². The number of amides is 2. The minimum Gasteiger partial charge on any atom is -0.345 e. The zero-order valence-corrected chi connectivity index (χ0v) is 7.55. The first-order valence-corrected chi connectivity index (χ1v) is 3.80. The molecule has 2 amide bonds. The summed E-state index contributed by atoms with van der Waals surface area (Å²) in [6, 6.07) is -0.0326. The molecule has 1 atom stereocenters. The highest BCUT2D eigenvalue weighted by atomic mass is 16.2. The number of carbonyl (C=O) groups is 2. The van der Waals surface area contributed by atoms with E-state index in [4.69, 9.17) is 5.84 Å². The topological polar surface area (TPSA) is 84.2 Å². The van der Waals surface area contributed by atoms with E-state index >= 15 is 0 Å². The van der Waals surface area contributed by atoms with Crippen LogP contribution in [0.3, 0.4) is 0 Å². The molecule has 0 radical (unpaired) electrons. The van der Waals surface area contributed by atoms with Crippen LogP contribution in [0.1, 0.15) is 20.8 Å². The lowest BCUT2D eigenvalue weighted by molar-refractivity contribution is -0.139. The lowest BCUT2D eigenvalue weighted by Gasteiger charge is -2.16. The molecule has 0 aliphatic carbocycles. The van der Waals surface area contributed by atoms with E-state index in [9.17, 15) is 9.59 Å². The summed E-state index contributed by atoms with van der Waals surface area (Å²) >= 11 is 0. The van der Waals surface area contributed by atoms with Gasteiger partial charge >= 0.3 is 11.8 Å². The highest BCUT2D eigenvalue weighted by Gasteiger charge is 2.15. The second-order valence-electron chi connectivity index (χ2n) is 2.98. The van der Waals surface area contributed by atoms with Gasteiger partial charge in [-0.3, -0.25) is 15.0 Å². The second kappa shape index (κ2) is 4.71. The van der Waals surface area contributed by atoms with Gasteiger partial charge in [0.05, 0.1) is 0 Å². The van der Waals surface area contributed by atoms with Gasteiger partial charge in [0.2, 0.25) is 0 Å². The SMILES string of the molecule is CC(C)C(C)NC(=O)C(=O)NN. The molecule has 0 aromatic rings. The number of hydrogen-bond acceptors (Lipinski definition) is 3. The van der Waals surface area contributed by atoms with Crippen LogP contribution in [0.4, 0.5) is 0 Å². The fourth-order valence-corrected chi connectivity index (χ4v) is 0.505. The van der Waals surface area contributed by atoms with Crippen LogP contribution in [-0.4, -0.2) is 17.9 Å². The van der Waals surface area contributed by atoms with Crippen molar-refractivity contribution in [3.8, 4) is 0 Å². The molecule has 0 bridgehead atoms. The smallest absolute Gasteiger partial charge is 0.323 e. The van der Waals surface area contributed by atoms with Crippen LogP contribution >= 0.6 is 0 Å². The zero-order valence-electron chi connectivity index (χ0n) is 7.55. The van der Waals surface area contributed by atoms with Crippen LogP contribution in [0, 0.1) is 5.92 Å². The fraction of sp³-hybridized carbons (Fsp3) is 0.714. The van der Waals surface area contributed by atoms with Gasteiger partial charge in [-0.2, -0.15) is 0 Å². The third-order valence-electron chi connectivity index (χ3n) is 1.70. The number of nitrogens with one attached hydrogen (secondary N) is 2. The van der Waals surface area contributed by atoms with Crippen molar-refractivity contribution in [3.63, 3.8) is 0 Å². The number of rotatable bonds is 2. The average molecular weight is 173 g/mol. The van der Waals surface area contributed by atoms with Gasteiger partial charge in [-0.05, 0) is 12.8 Å². The summed E-state index contributed by atoms with van der Waals surface area (Å²) in [6.45, 7) is 5.73. The van der Waals surface area contributed by atoms with Gasteiger partial charge in [-0.15, -0.1) is 0 Å². The Labute approximate surface area is 71.7 Å². The standard InChI is InChI=1S/C7H15N3O2/c1-4(2)5(3)9-6(11)7(12)10-8/h4-5H,8H2,1-3H3,(H,9,11)(H,10,12). The predicted molar refractivity (Wildman–Crippen MR) is 44.8 cm³/mol. The van der Waals surface area contributed by atoms with Crippen LogP contribution in [0.5, 0.6) is 0 Å². The highest BCUT2D eigenvalue weighted by Crippen LogP contribution is 1.98. The number of hydrogen-bond donors (Lipinski definition) is 3. The normalized spacial score (nSPS) is 12.4. The molecular formula is C7H15N3O2. The van der Waals surface area contributed by atoms with E-state index in [-0.39, 0.29) is 6.04 Å². The van der Waals surface area contributed by atoms with Crippen molar-refractivity contribution in [3.05, 3.63) is 0 Å². The summed E-state index contributed by atoms with van der Waals surface area (Å²) in [4.78, 5) is 21.5. The van der Waals surface area contributed by atoms with E-state index in [1.165, 1.54) is 0 Å². The lowest BCUT2D eigenvalue weighted by Crippen LogP contribution is -2.47. The van der Waals surface area contributed by atoms with Crippen molar-refractivity contribution >= 4 is 11.8 Å². The fourth-order valence-electron chi connectivity index (χ4n) is 0.505. The Bertz CT molecular complexity index is 179. The third kappa shape index (κ3) is 3.34. The summed E-state index contributed by atoms with van der Waals surface area (Å²) < 4.78 is 0. The predicted octanol–water partition coefficient (Wildman–Crippen LogP) is -0.863. The molecule has 0 saturated heterocycles. The molecule has 4 N–H and O–H groups in total. The third-order valence-corrected chi connectivity index (χ3v) is 1.70. The molecule has 5 heteroatoms. The largest absolute Gasteiger partial charge is 0.345 e. The number of carbonyl (C=O) groups excluding carboxylic acids is 2. The van der Waals surface area contributed by atoms with E-state index in [2.05, 4.69) is 5.32 Å². The van der Waals surface area contributed by atoms with Gasteiger partial charge in [0.1, 0.15) is 0 Å². The number of nitrogens with two attached hydrogens (primary N) is 1. The maximum Gasteiger partial charge on any atom is 0.323 e. The summed E-state index contributed by atoms with van der Waals surface area (Å²) in [5.74, 6) is 3.54. The Balaban J connectivity index is 3.92. The summed E-state index contributed by atoms with van der Waals surface area (Å²) in [7, 11) is 0. The summed E-state index contributed by atoms with van der Waals surface area (Å²) in [5.41, 5.74) is 1.76. The maximum absolute atomic E-state index is 10.9. The lowest BCUT2D eigenvalue weighted by atomic mass is 10.1. The molecular weight excluding hydrogens is 158 g/mol. The van der Waals surface area contributed by atoms with Gasteiger partial charge in [0.15, 0.2) is 0 Å². The second-order valence-corrected chi connectivity index (χ2v) is 2.98. The molecule has 0 rings (SSSR count). The maximum atomic E-state index is 10.9. The molecule has 0 aromatic heterocycles. The van der Waals surface area contributed by atoms with Gasteiger partial charge in [0.25, 0.3) is 0 Å². The van der Waals surface area contributed by atoms with Crippen molar-refractivity contribution < 1.29 is 9.59 Å². The van der Waals surface area contributed by atoms with Crippen LogP contribution in [-0.2, 0) is 9.59 Å². The van der Waals surface area contributed by atoms with Crippen molar-refractivity contribution in [1.29, 1.82) is 0 Å². The molecule has 0 aromatic carbocycles. The molecule has 0 heterocycles. The van der Waals surface area contributed by atoms with Crippen molar-refractivity contribution in [2.75, 3.05) is 0 Å². The van der Waals surface area contributed by atoms with Crippen molar-refractivity contribution in [2.24, 2.45) is 11.8 Å². The minimum atomic E-state index is -0.817. The number of hydrazine groups is 1. The summed E-state index contributed by atoms with van der Waals surface area (Å²) in [5, 5.41) is 2.50. The van der Waals surface area contributed by atoms with E-state index in [1.54, 1.807) is 5.43 Å². The van der Waals surface area contributed by atoms with Gasteiger partial charge in [-0.1, -0.05) is 13.8 Å². The van der Waals surface area contributed by atoms with Crippen LogP contribution in [0.2, 0.25) is 0 Å². The molecule has 0 aliphatic rings. The molecule has 0 fully saturated rings. The molecule has 0 saturated carbocycles. The van der Waals surface area contributed by atoms with E-state index in [0.717, 1.165) is 0 Å².